The molecule has 0 aromatic heterocycles. The average molecular weight is 378 g/mol. The number of rotatable bonds is 5. The Labute approximate surface area is 168 Å². The molecule has 1 aliphatic carbocycles. The zero-order valence-corrected chi connectivity index (χ0v) is 17.3. The van der Waals surface area contributed by atoms with Crippen molar-refractivity contribution in [2.45, 2.75) is 37.4 Å². The van der Waals surface area contributed by atoms with E-state index in [1.54, 1.807) is 0 Å². The van der Waals surface area contributed by atoms with Crippen molar-refractivity contribution >= 4 is 5.91 Å². The van der Waals surface area contributed by atoms with Crippen molar-refractivity contribution in [1.82, 2.24) is 14.7 Å². The van der Waals surface area contributed by atoms with Gasteiger partial charge < -0.3 is 9.80 Å². The van der Waals surface area contributed by atoms with Crippen molar-refractivity contribution in [2.24, 2.45) is 0 Å². The summed E-state index contributed by atoms with van der Waals surface area (Å²) in [5, 5.41) is 0. The van der Waals surface area contributed by atoms with Crippen LogP contribution in [0.4, 0.5) is 0 Å². The molecule has 2 aromatic rings. The topological polar surface area (TPSA) is 26.8 Å². The lowest BCUT2D eigenvalue weighted by Crippen LogP contribution is -2.59. The molecule has 1 atom stereocenters. The van der Waals surface area contributed by atoms with Crippen molar-refractivity contribution in [3.05, 3.63) is 71.3 Å². The molecule has 1 heterocycles. The maximum Gasteiger partial charge on any atom is 0.243 e. The summed E-state index contributed by atoms with van der Waals surface area (Å²) in [5.41, 5.74) is 3.40. The molecular weight excluding hydrogens is 346 g/mol. The number of amides is 1. The van der Waals surface area contributed by atoms with Gasteiger partial charge in [-0.25, -0.2) is 0 Å². The first-order chi connectivity index (χ1) is 13.5. The maximum atomic E-state index is 13.9. The molecule has 1 fully saturated rings. The van der Waals surface area contributed by atoms with Crippen LogP contribution in [-0.2, 0) is 24.2 Å². The van der Waals surface area contributed by atoms with Gasteiger partial charge in [-0.3, -0.25) is 9.69 Å². The highest BCUT2D eigenvalue weighted by Gasteiger charge is 2.49. The van der Waals surface area contributed by atoms with E-state index in [0.29, 0.717) is 11.9 Å². The average Bonchev–Trinajstić information content (AvgIpc) is 3.34. The molecule has 1 saturated heterocycles. The molecule has 0 saturated carbocycles. The normalized spacial score (nSPS) is 20.8. The van der Waals surface area contributed by atoms with Gasteiger partial charge in [0, 0.05) is 38.5 Å². The van der Waals surface area contributed by atoms with Gasteiger partial charge in [0.25, 0.3) is 0 Å². The van der Waals surface area contributed by atoms with Crippen molar-refractivity contribution in [3.63, 3.8) is 0 Å². The maximum absolute atomic E-state index is 13.9. The Morgan fingerprint density at radius 2 is 1.61 bits per heavy atom. The Balaban J connectivity index is 1.62. The van der Waals surface area contributed by atoms with Gasteiger partial charge in [-0.2, -0.15) is 0 Å². The summed E-state index contributed by atoms with van der Waals surface area (Å²) in [6, 6.07) is 19.5. The summed E-state index contributed by atoms with van der Waals surface area (Å²) >= 11 is 0. The Bertz CT molecular complexity index is 808. The molecule has 4 heteroatoms. The van der Waals surface area contributed by atoms with Gasteiger partial charge in [0.15, 0.2) is 0 Å². The van der Waals surface area contributed by atoms with Gasteiger partial charge in [-0.1, -0.05) is 54.6 Å². The van der Waals surface area contributed by atoms with Crippen LogP contribution in [0.2, 0.25) is 0 Å². The number of likely N-dealkylation sites (tertiary alicyclic amines) is 1. The minimum Gasteiger partial charge on any atom is -0.339 e. The number of nitrogens with zero attached hydrogens (tertiary/aromatic N) is 3. The van der Waals surface area contributed by atoms with E-state index in [1.165, 1.54) is 16.7 Å². The first-order valence-electron chi connectivity index (χ1n) is 10.3. The smallest absolute Gasteiger partial charge is 0.243 e. The predicted molar refractivity (Wildman–Crippen MR) is 113 cm³/mol. The molecule has 1 amide bonds. The lowest BCUT2D eigenvalue weighted by Gasteiger charge is -2.40. The number of carbonyl (C=O) groups is 1. The summed E-state index contributed by atoms with van der Waals surface area (Å²) in [4.78, 5) is 20.6. The Morgan fingerprint density at radius 1 is 1.00 bits per heavy atom. The summed E-state index contributed by atoms with van der Waals surface area (Å²) in [5.74, 6) is 0.298. The monoisotopic (exact) mass is 377 g/mol. The number of fused-ring (bicyclic) bond motifs is 1. The van der Waals surface area contributed by atoms with Crippen molar-refractivity contribution < 1.29 is 4.79 Å². The molecule has 2 aliphatic rings. The van der Waals surface area contributed by atoms with Crippen LogP contribution < -0.4 is 0 Å². The Hall–Kier alpha value is -2.17. The third-order valence-electron chi connectivity index (χ3n) is 6.66. The van der Waals surface area contributed by atoms with E-state index in [2.05, 4.69) is 84.4 Å². The molecule has 1 aliphatic heterocycles. The molecule has 4 nitrogen and oxygen atoms in total. The third kappa shape index (κ3) is 3.47. The largest absolute Gasteiger partial charge is 0.339 e. The molecule has 4 rings (SSSR count). The van der Waals surface area contributed by atoms with Crippen LogP contribution in [0.15, 0.2) is 54.6 Å². The van der Waals surface area contributed by atoms with E-state index < -0.39 is 5.54 Å². The van der Waals surface area contributed by atoms with E-state index in [1.807, 2.05) is 6.07 Å². The second-order valence-electron chi connectivity index (χ2n) is 8.65. The van der Waals surface area contributed by atoms with Gasteiger partial charge in [-0.05, 0) is 44.3 Å². The SMILES string of the molecule is CN(C)[C@@H]1CCN(C(=O)C2(N(C)Cc3ccccc3)Cc3ccccc3C2)C1. The molecule has 0 bridgehead atoms. The highest BCUT2D eigenvalue weighted by atomic mass is 16.2. The first-order valence-corrected chi connectivity index (χ1v) is 10.3. The predicted octanol–water partition coefficient (Wildman–Crippen LogP) is 2.82. The molecule has 0 spiro atoms. The highest BCUT2D eigenvalue weighted by molar-refractivity contribution is 5.88. The number of hydrogen-bond acceptors (Lipinski definition) is 3. The van der Waals surface area contributed by atoms with E-state index in [-0.39, 0.29) is 0 Å². The van der Waals surface area contributed by atoms with Gasteiger partial charge in [0.1, 0.15) is 5.54 Å². The van der Waals surface area contributed by atoms with Crippen molar-refractivity contribution in [1.29, 1.82) is 0 Å². The fraction of sp³-hybridized carbons (Fsp3) is 0.458. The fourth-order valence-corrected chi connectivity index (χ4v) is 4.83. The molecule has 28 heavy (non-hydrogen) atoms. The molecule has 0 unspecified atom stereocenters. The third-order valence-corrected chi connectivity index (χ3v) is 6.66. The first kappa shape index (κ1) is 19.2. The van der Waals surface area contributed by atoms with Crippen LogP contribution in [0.1, 0.15) is 23.1 Å². The van der Waals surface area contributed by atoms with E-state index in [4.69, 9.17) is 0 Å². The van der Waals surface area contributed by atoms with Gasteiger partial charge >= 0.3 is 0 Å². The summed E-state index contributed by atoms with van der Waals surface area (Å²) in [6.45, 7) is 2.48. The van der Waals surface area contributed by atoms with Crippen LogP contribution in [0.5, 0.6) is 0 Å². The molecule has 0 N–H and O–H groups in total. The number of hydrogen-bond donors (Lipinski definition) is 0. The van der Waals surface area contributed by atoms with E-state index in [0.717, 1.165) is 38.9 Å². The number of likely N-dealkylation sites (N-methyl/N-ethyl adjacent to an activating group) is 2. The summed E-state index contributed by atoms with van der Waals surface area (Å²) < 4.78 is 0. The molecule has 148 valence electrons. The summed E-state index contributed by atoms with van der Waals surface area (Å²) in [7, 11) is 6.35. The Kier molecular flexibility index (Phi) is 5.26. The lowest BCUT2D eigenvalue weighted by atomic mass is 9.91. The van der Waals surface area contributed by atoms with E-state index >= 15 is 0 Å². The van der Waals surface area contributed by atoms with Crippen LogP contribution in [-0.4, -0.2) is 66.4 Å². The summed E-state index contributed by atoms with van der Waals surface area (Å²) in [6.07, 6.45) is 2.66. The lowest BCUT2D eigenvalue weighted by molar-refractivity contribution is -0.143. The quantitative estimate of drug-likeness (QED) is 0.802. The van der Waals surface area contributed by atoms with Crippen LogP contribution in [0, 0.1) is 0 Å². The highest BCUT2D eigenvalue weighted by Crippen LogP contribution is 2.37. The zero-order valence-electron chi connectivity index (χ0n) is 17.3. The van der Waals surface area contributed by atoms with Gasteiger partial charge in [-0.15, -0.1) is 0 Å². The molecule has 0 radical (unpaired) electrons. The number of carbonyl (C=O) groups excluding carboxylic acids is 1. The zero-order chi connectivity index (χ0) is 19.7. The van der Waals surface area contributed by atoms with Crippen LogP contribution in [0.25, 0.3) is 0 Å². The standard InChI is InChI=1S/C24H31N3O/c1-25(2)22-13-14-27(18-22)23(28)24(15-20-11-7-8-12-21(20)16-24)26(3)17-19-9-5-4-6-10-19/h4-12,22H,13-18H2,1-3H3/t22-/m1/s1. The van der Waals surface area contributed by atoms with E-state index in [9.17, 15) is 4.79 Å². The minimum absolute atomic E-state index is 0.298. The van der Waals surface area contributed by atoms with Gasteiger partial charge in [0.2, 0.25) is 5.91 Å². The van der Waals surface area contributed by atoms with Crippen LogP contribution in [0.3, 0.4) is 0 Å². The second kappa shape index (κ2) is 7.69. The van der Waals surface area contributed by atoms with Crippen molar-refractivity contribution in [2.75, 3.05) is 34.2 Å². The fourth-order valence-electron chi connectivity index (χ4n) is 4.83. The second-order valence-corrected chi connectivity index (χ2v) is 8.65. The van der Waals surface area contributed by atoms with Crippen molar-refractivity contribution in [3.8, 4) is 0 Å². The van der Waals surface area contributed by atoms with Crippen LogP contribution >= 0.6 is 0 Å². The van der Waals surface area contributed by atoms with Gasteiger partial charge in [0.05, 0.1) is 0 Å². The Morgan fingerprint density at radius 3 is 2.18 bits per heavy atom. The number of benzene rings is 2. The molecular formula is C24H31N3O. The minimum atomic E-state index is -0.485. The molecule has 2 aromatic carbocycles.